The van der Waals surface area contributed by atoms with E-state index in [2.05, 4.69) is 6.92 Å². The Balaban J connectivity index is 1.97. The molecule has 0 amide bonds. The number of hydrogen-bond donors (Lipinski definition) is 0. The van der Waals surface area contributed by atoms with E-state index >= 15 is 0 Å². The standard InChI is InChI=1S/C10H18OS/c1-2-3-4-5-6-9-7-8-10(11)12-9/h9H,2-8H2,1H3. The van der Waals surface area contributed by atoms with E-state index in [1.54, 1.807) is 11.8 Å². The first-order valence-electron chi connectivity index (χ1n) is 5.02. The number of carbonyl (C=O) groups is 1. The molecule has 1 aliphatic heterocycles. The van der Waals surface area contributed by atoms with Crippen molar-refractivity contribution in [2.24, 2.45) is 0 Å². The normalized spacial score (nSPS) is 23.4. The van der Waals surface area contributed by atoms with Crippen LogP contribution in [0.4, 0.5) is 0 Å². The topological polar surface area (TPSA) is 17.1 Å². The van der Waals surface area contributed by atoms with E-state index in [1.165, 1.54) is 32.1 Å². The molecular formula is C10H18OS. The molecule has 1 saturated heterocycles. The van der Waals surface area contributed by atoms with Gasteiger partial charge in [-0.2, -0.15) is 0 Å². The second-order valence-corrected chi connectivity index (χ2v) is 4.86. The lowest BCUT2D eigenvalue weighted by Crippen LogP contribution is -1.95. The third kappa shape index (κ3) is 3.61. The summed E-state index contributed by atoms with van der Waals surface area (Å²) in [6.45, 7) is 2.23. The van der Waals surface area contributed by atoms with E-state index < -0.39 is 0 Å². The van der Waals surface area contributed by atoms with Gasteiger partial charge < -0.3 is 0 Å². The summed E-state index contributed by atoms with van der Waals surface area (Å²) in [5, 5.41) is 1.07. The summed E-state index contributed by atoms with van der Waals surface area (Å²) in [6, 6.07) is 0. The predicted octanol–water partition coefficient (Wildman–Crippen LogP) is 3.38. The third-order valence-electron chi connectivity index (χ3n) is 2.35. The van der Waals surface area contributed by atoms with Gasteiger partial charge in [-0.05, 0) is 12.8 Å². The van der Waals surface area contributed by atoms with Gasteiger partial charge in [0.05, 0.1) is 0 Å². The van der Waals surface area contributed by atoms with Crippen LogP contribution in [-0.2, 0) is 4.79 Å². The minimum absolute atomic E-state index is 0.412. The van der Waals surface area contributed by atoms with Crippen LogP contribution in [-0.4, -0.2) is 10.4 Å². The van der Waals surface area contributed by atoms with E-state index in [0.717, 1.165) is 12.8 Å². The zero-order chi connectivity index (χ0) is 8.81. The van der Waals surface area contributed by atoms with Crippen molar-refractivity contribution in [3.63, 3.8) is 0 Å². The van der Waals surface area contributed by atoms with Crippen molar-refractivity contribution < 1.29 is 4.79 Å². The molecule has 1 unspecified atom stereocenters. The van der Waals surface area contributed by atoms with Crippen molar-refractivity contribution in [2.75, 3.05) is 0 Å². The van der Waals surface area contributed by atoms with Crippen LogP contribution in [0.3, 0.4) is 0 Å². The van der Waals surface area contributed by atoms with Gasteiger partial charge in [-0.3, -0.25) is 4.79 Å². The van der Waals surface area contributed by atoms with Crippen molar-refractivity contribution in [1.29, 1.82) is 0 Å². The zero-order valence-electron chi connectivity index (χ0n) is 7.84. The Labute approximate surface area is 79.3 Å². The van der Waals surface area contributed by atoms with Crippen LogP contribution in [0.1, 0.15) is 51.9 Å². The Hall–Kier alpha value is 0.0200. The molecule has 12 heavy (non-hydrogen) atoms. The number of unbranched alkanes of at least 4 members (excludes halogenated alkanes) is 3. The van der Waals surface area contributed by atoms with Crippen LogP contribution in [0.5, 0.6) is 0 Å². The van der Waals surface area contributed by atoms with Gasteiger partial charge in [-0.15, -0.1) is 0 Å². The fourth-order valence-electron chi connectivity index (χ4n) is 1.58. The third-order valence-corrected chi connectivity index (χ3v) is 3.62. The van der Waals surface area contributed by atoms with Gasteiger partial charge in [0.1, 0.15) is 0 Å². The minimum Gasteiger partial charge on any atom is -0.287 e. The SMILES string of the molecule is CCCCCCC1CCC(=O)S1. The summed E-state index contributed by atoms with van der Waals surface area (Å²) < 4.78 is 0. The van der Waals surface area contributed by atoms with Crippen LogP contribution in [0, 0.1) is 0 Å². The van der Waals surface area contributed by atoms with Gasteiger partial charge in [0, 0.05) is 11.7 Å². The highest BCUT2D eigenvalue weighted by atomic mass is 32.2. The molecule has 1 atom stereocenters. The molecule has 0 aromatic carbocycles. The Morgan fingerprint density at radius 1 is 1.42 bits per heavy atom. The van der Waals surface area contributed by atoms with Gasteiger partial charge in [0.2, 0.25) is 0 Å². The molecule has 1 heterocycles. The highest BCUT2D eigenvalue weighted by Crippen LogP contribution is 2.31. The molecule has 0 bridgehead atoms. The molecule has 0 aliphatic carbocycles. The van der Waals surface area contributed by atoms with Crippen molar-refractivity contribution in [1.82, 2.24) is 0 Å². The highest BCUT2D eigenvalue weighted by molar-refractivity contribution is 8.14. The first kappa shape index (κ1) is 10.1. The summed E-state index contributed by atoms with van der Waals surface area (Å²) in [5.41, 5.74) is 0. The molecule has 1 nitrogen and oxygen atoms in total. The largest absolute Gasteiger partial charge is 0.287 e. The molecule has 0 aromatic heterocycles. The van der Waals surface area contributed by atoms with Gasteiger partial charge in [-0.1, -0.05) is 44.4 Å². The summed E-state index contributed by atoms with van der Waals surface area (Å²) in [4.78, 5) is 10.9. The maximum atomic E-state index is 10.9. The van der Waals surface area contributed by atoms with Gasteiger partial charge in [-0.25, -0.2) is 0 Å². The van der Waals surface area contributed by atoms with E-state index in [4.69, 9.17) is 0 Å². The molecule has 1 rings (SSSR count). The molecule has 0 aromatic rings. The van der Waals surface area contributed by atoms with Gasteiger partial charge in [0.15, 0.2) is 5.12 Å². The van der Waals surface area contributed by atoms with Crippen LogP contribution in [0.25, 0.3) is 0 Å². The molecule has 0 radical (unpaired) electrons. The number of thioether (sulfide) groups is 1. The molecule has 1 fully saturated rings. The summed E-state index contributed by atoms with van der Waals surface area (Å²) in [6.07, 6.45) is 8.54. The maximum Gasteiger partial charge on any atom is 0.189 e. The van der Waals surface area contributed by atoms with Crippen molar-refractivity contribution in [3.05, 3.63) is 0 Å². The average molecular weight is 186 g/mol. The number of rotatable bonds is 5. The first-order chi connectivity index (χ1) is 5.83. The molecular weight excluding hydrogens is 168 g/mol. The summed E-state index contributed by atoms with van der Waals surface area (Å²) >= 11 is 1.58. The molecule has 70 valence electrons. The second-order valence-electron chi connectivity index (χ2n) is 3.50. The fraction of sp³-hybridized carbons (Fsp3) is 0.900. The Kier molecular flexibility index (Phi) is 4.74. The number of carbonyl (C=O) groups excluding carboxylic acids is 1. The fourth-order valence-corrected chi connectivity index (χ4v) is 2.71. The molecule has 0 saturated carbocycles. The zero-order valence-corrected chi connectivity index (χ0v) is 8.66. The second kappa shape index (κ2) is 5.63. The molecule has 0 N–H and O–H groups in total. The van der Waals surface area contributed by atoms with Crippen LogP contribution in [0.2, 0.25) is 0 Å². The lowest BCUT2D eigenvalue weighted by molar-refractivity contribution is -0.110. The Morgan fingerprint density at radius 3 is 2.83 bits per heavy atom. The maximum absolute atomic E-state index is 10.9. The van der Waals surface area contributed by atoms with Crippen LogP contribution >= 0.6 is 11.8 Å². The first-order valence-corrected chi connectivity index (χ1v) is 5.90. The predicted molar refractivity (Wildman–Crippen MR) is 54.4 cm³/mol. The van der Waals surface area contributed by atoms with E-state index in [9.17, 15) is 4.79 Å². The van der Waals surface area contributed by atoms with Crippen molar-refractivity contribution in [3.8, 4) is 0 Å². The lowest BCUT2D eigenvalue weighted by Gasteiger charge is -2.05. The van der Waals surface area contributed by atoms with E-state index in [1.807, 2.05) is 0 Å². The summed E-state index contributed by atoms with van der Waals surface area (Å²) in [5.74, 6) is 0. The highest BCUT2D eigenvalue weighted by Gasteiger charge is 2.21. The van der Waals surface area contributed by atoms with Crippen molar-refractivity contribution >= 4 is 16.9 Å². The van der Waals surface area contributed by atoms with Gasteiger partial charge in [0.25, 0.3) is 0 Å². The van der Waals surface area contributed by atoms with E-state index in [-0.39, 0.29) is 0 Å². The van der Waals surface area contributed by atoms with Crippen molar-refractivity contribution in [2.45, 2.75) is 57.1 Å². The Bertz CT molecular complexity index is 145. The van der Waals surface area contributed by atoms with Gasteiger partial charge >= 0.3 is 0 Å². The molecule has 1 aliphatic rings. The molecule has 2 heteroatoms. The quantitative estimate of drug-likeness (QED) is 0.612. The number of hydrogen-bond acceptors (Lipinski definition) is 2. The summed E-state index contributed by atoms with van der Waals surface area (Å²) in [7, 11) is 0. The Morgan fingerprint density at radius 2 is 2.25 bits per heavy atom. The monoisotopic (exact) mass is 186 g/mol. The smallest absolute Gasteiger partial charge is 0.189 e. The lowest BCUT2D eigenvalue weighted by atomic mass is 10.1. The van der Waals surface area contributed by atoms with E-state index in [0.29, 0.717) is 10.4 Å². The van der Waals surface area contributed by atoms with Crippen LogP contribution < -0.4 is 0 Å². The molecule has 0 spiro atoms. The minimum atomic E-state index is 0.412. The average Bonchev–Trinajstić information content (AvgIpc) is 2.45. The van der Waals surface area contributed by atoms with Crippen LogP contribution in [0.15, 0.2) is 0 Å².